The Hall–Kier alpha value is -0.330. The van der Waals surface area contributed by atoms with Crippen LogP contribution in [-0.4, -0.2) is 12.5 Å². The number of carbonyl (C=O) groups is 1. The van der Waals surface area contributed by atoms with Gasteiger partial charge in [0.2, 0.25) is 5.91 Å². The molecule has 0 aliphatic heterocycles. The number of hydrogen-bond donors (Lipinski definition) is 2. The Morgan fingerprint density at radius 1 is 1.62 bits per heavy atom. The van der Waals surface area contributed by atoms with Crippen LogP contribution in [0.5, 0.6) is 0 Å². The number of amides is 1. The van der Waals surface area contributed by atoms with E-state index in [0.29, 0.717) is 18.0 Å². The molecule has 3 nitrogen and oxygen atoms in total. The molecule has 0 aromatic heterocycles. The number of nitrogens with two attached hydrogens (primary N) is 1. The van der Waals surface area contributed by atoms with Crippen LogP contribution >= 0.6 is 34.2 Å². The van der Waals surface area contributed by atoms with E-state index in [1.54, 1.807) is 12.1 Å². The highest BCUT2D eigenvalue weighted by molar-refractivity contribution is 14.1. The molecule has 5 heteroatoms. The lowest BCUT2D eigenvalue weighted by Gasteiger charge is -2.10. The van der Waals surface area contributed by atoms with Gasteiger partial charge in [-0.05, 0) is 53.3 Å². The minimum atomic E-state index is -0.0156. The Balaban J connectivity index is 2.63. The van der Waals surface area contributed by atoms with E-state index in [4.69, 9.17) is 17.3 Å². The average Bonchev–Trinajstić information content (AvgIpc) is 2.22. The lowest BCUT2D eigenvalue weighted by atomic mass is 10.1. The highest BCUT2D eigenvalue weighted by Gasteiger charge is 2.09. The largest absolute Gasteiger partial charge is 0.330 e. The van der Waals surface area contributed by atoms with Crippen LogP contribution in [0.25, 0.3) is 0 Å². The van der Waals surface area contributed by atoms with Crippen molar-refractivity contribution in [2.24, 2.45) is 11.7 Å². The maximum Gasteiger partial charge on any atom is 0.224 e. The van der Waals surface area contributed by atoms with E-state index in [0.717, 1.165) is 9.26 Å². The molecule has 0 saturated heterocycles. The van der Waals surface area contributed by atoms with Crippen molar-refractivity contribution < 1.29 is 4.79 Å². The molecule has 16 heavy (non-hydrogen) atoms. The predicted octanol–water partition coefficient (Wildman–Crippen LogP) is 2.87. The van der Waals surface area contributed by atoms with E-state index >= 15 is 0 Å². The van der Waals surface area contributed by atoms with Gasteiger partial charge in [0.25, 0.3) is 0 Å². The van der Waals surface area contributed by atoms with Crippen LogP contribution in [0, 0.1) is 9.49 Å². The average molecular weight is 353 g/mol. The number of benzene rings is 1. The molecular weight excluding hydrogens is 338 g/mol. The minimum absolute atomic E-state index is 0.0156. The second-order valence-corrected chi connectivity index (χ2v) is 5.32. The Labute approximate surface area is 114 Å². The molecule has 1 unspecified atom stereocenters. The van der Waals surface area contributed by atoms with E-state index in [9.17, 15) is 4.79 Å². The Kier molecular flexibility index (Phi) is 5.51. The molecule has 1 amide bonds. The Bertz CT molecular complexity index is 384. The van der Waals surface area contributed by atoms with Crippen LogP contribution in [0.4, 0.5) is 5.69 Å². The van der Waals surface area contributed by atoms with Gasteiger partial charge in [-0.3, -0.25) is 4.79 Å². The summed E-state index contributed by atoms with van der Waals surface area (Å²) in [6, 6.07) is 5.37. The second kappa shape index (κ2) is 6.42. The first kappa shape index (κ1) is 13.7. The summed E-state index contributed by atoms with van der Waals surface area (Å²) in [5, 5.41) is 3.51. The molecule has 88 valence electrons. The fourth-order valence-electron chi connectivity index (χ4n) is 1.19. The van der Waals surface area contributed by atoms with Gasteiger partial charge in [-0.15, -0.1) is 0 Å². The minimum Gasteiger partial charge on any atom is -0.330 e. The highest BCUT2D eigenvalue weighted by Crippen LogP contribution is 2.22. The van der Waals surface area contributed by atoms with Crippen molar-refractivity contribution in [2.45, 2.75) is 13.3 Å². The first-order valence-corrected chi connectivity index (χ1v) is 6.43. The van der Waals surface area contributed by atoms with Crippen LogP contribution < -0.4 is 11.1 Å². The zero-order chi connectivity index (χ0) is 12.1. The summed E-state index contributed by atoms with van der Waals surface area (Å²) >= 11 is 7.96. The quantitative estimate of drug-likeness (QED) is 0.819. The Morgan fingerprint density at radius 3 is 2.88 bits per heavy atom. The monoisotopic (exact) mass is 352 g/mol. The van der Waals surface area contributed by atoms with Crippen molar-refractivity contribution in [3.8, 4) is 0 Å². The molecule has 0 aliphatic rings. The molecule has 0 radical (unpaired) electrons. The number of anilines is 1. The van der Waals surface area contributed by atoms with Crippen LogP contribution in [-0.2, 0) is 4.79 Å². The molecule has 0 heterocycles. The SMILES string of the molecule is CC(CN)CC(=O)Nc1ccc(Cl)cc1I. The molecular formula is C11H14ClIN2O. The molecule has 1 atom stereocenters. The molecule has 1 rings (SSSR count). The van der Waals surface area contributed by atoms with E-state index in [1.165, 1.54) is 0 Å². The fourth-order valence-corrected chi connectivity index (χ4v) is 2.20. The van der Waals surface area contributed by atoms with Crippen molar-refractivity contribution in [2.75, 3.05) is 11.9 Å². The van der Waals surface area contributed by atoms with E-state index < -0.39 is 0 Å². The third-order valence-corrected chi connectivity index (χ3v) is 3.27. The predicted molar refractivity (Wildman–Crippen MR) is 75.6 cm³/mol. The maximum absolute atomic E-state index is 11.6. The third kappa shape index (κ3) is 4.27. The van der Waals surface area contributed by atoms with Crippen LogP contribution in [0.3, 0.4) is 0 Å². The van der Waals surface area contributed by atoms with Crippen LogP contribution in [0.15, 0.2) is 18.2 Å². The lowest BCUT2D eigenvalue weighted by molar-refractivity contribution is -0.116. The van der Waals surface area contributed by atoms with Crippen molar-refractivity contribution in [1.29, 1.82) is 0 Å². The molecule has 0 saturated carbocycles. The standard InChI is InChI=1S/C11H14ClIN2O/c1-7(6-14)4-11(16)15-10-3-2-8(12)5-9(10)13/h2-3,5,7H,4,6,14H2,1H3,(H,15,16). The van der Waals surface area contributed by atoms with Crippen LogP contribution in [0.2, 0.25) is 5.02 Å². The van der Waals surface area contributed by atoms with Gasteiger partial charge >= 0.3 is 0 Å². The number of carbonyl (C=O) groups excluding carboxylic acids is 1. The number of hydrogen-bond acceptors (Lipinski definition) is 2. The third-order valence-electron chi connectivity index (χ3n) is 2.14. The summed E-state index contributed by atoms with van der Waals surface area (Å²) in [5.41, 5.74) is 6.26. The fraction of sp³-hybridized carbons (Fsp3) is 0.364. The highest BCUT2D eigenvalue weighted by atomic mass is 127. The van der Waals surface area contributed by atoms with Gasteiger partial charge in [-0.2, -0.15) is 0 Å². The molecule has 1 aromatic carbocycles. The van der Waals surface area contributed by atoms with Gasteiger partial charge in [0.05, 0.1) is 5.69 Å². The number of nitrogens with one attached hydrogen (secondary N) is 1. The van der Waals surface area contributed by atoms with Crippen molar-refractivity contribution in [1.82, 2.24) is 0 Å². The van der Waals surface area contributed by atoms with Gasteiger partial charge in [-0.25, -0.2) is 0 Å². The first-order chi connectivity index (χ1) is 7.52. The van der Waals surface area contributed by atoms with Gasteiger partial charge in [0.15, 0.2) is 0 Å². The van der Waals surface area contributed by atoms with Crippen LogP contribution in [0.1, 0.15) is 13.3 Å². The zero-order valence-corrected chi connectivity index (χ0v) is 11.9. The normalized spacial score (nSPS) is 12.2. The van der Waals surface area contributed by atoms with Crippen molar-refractivity contribution >= 4 is 45.8 Å². The second-order valence-electron chi connectivity index (χ2n) is 3.72. The molecule has 0 fully saturated rings. The Morgan fingerprint density at radius 2 is 2.31 bits per heavy atom. The zero-order valence-electron chi connectivity index (χ0n) is 8.97. The van der Waals surface area contributed by atoms with E-state index in [-0.39, 0.29) is 11.8 Å². The molecule has 0 bridgehead atoms. The van der Waals surface area contributed by atoms with Gasteiger partial charge in [0.1, 0.15) is 0 Å². The number of rotatable bonds is 4. The summed E-state index contributed by atoms with van der Waals surface area (Å²) in [4.78, 5) is 11.6. The number of halogens is 2. The smallest absolute Gasteiger partial charge is 0.224 e. The lowest BCUT2D eigenvalue weighted by Crippen LogP contribution is -2.20. The van der Waals surface area contributed by atoms with Gasteiger partial charge < -0.3 is 11.1 Å². The maximum atomic E-state index is 11.6. The summed E-state index contributed by atoms with van der Waals surface area (Å²) in [6.07, 6.45) is 0.440. The van der Waals surface area contributed by atoms with E-state index in [2.05, 4.69) is 27.9 Å². The van der Waals surface area contributed by atoms with E-state index in [1.807, 2.05) is 13.0 Å². The molecule has 0 aliphatic carbocycles. The summed E-state index contributed by atoms with van der Waals surface area (Å²) in [6.45, 7) is 2.47. The molecule has 1 aromatic rings. The summed E-state index contributed by atoms with van der Waals surface area (Å²) < 4.78 is 0.929. The first-order valence-electron chi connectivity index (χ1n) is 4.98. The van der Waals surface area contributed by atoms with Gasteiger partial charge in [-0.1, -0.05) is 18.5 Å². The summed E-state index contributed by atoms with van der Waals surface area (Å²) in [7, 11) is 0. The molecule has 0 spiro atoms. The molecule has 3 N–H and O–H groups in total. The van der Waals surface area contributed by atoms with Crippen molar-refractivity contribution in [3.05, 3.63) is 26.8 Å². The summed E-state index contributed by atoms with van der Waals surface area (Å²) in [5.74, 6) is 0.183. The topological polar surface area (TPSA) is 55.1 Å². The van der Waals surface area contributed by atoms with Crippen molar-refractivity contribution in [3.63, 3.8) is 0 Å². The van der Waals surface area contributed by atoms with Gasteiger partial charge in [0, 0.05) is 15.0 Å².